The maximum Gasteiger partial charge on any atom is 0.336 e. The van der Waals surface area contributed by atoms with E-state index in [-0.39, 0.29) is 6.61 Å². The Bertz CT molecular complexity index is 782. The number of urea groups is 1. The lowest BCUT2D eigenvalue weighted by Gasteiger charge is -2.08. The van der Waals surface area contributed by atoms with E-state index in [4.69, 9.17) is 9.15 Å². The van der Waals surface area contributed by atoms with E-state index in [2.05, 4.69) is 10.6 Å². The zero-order valence-electron chi connectivity index (χ0n) is 13.0. The molecule has 0 radical (unpaired) electrons. The van der Waals surface area contributed by atoms with Crippen LogP contribution < -0.4 is 21.0 Å². The van der Waals surface area contributed by atoms with Gasteiger partial charge in [0.1, 0.15) is 11.3 Å². The first-order valence-corrected chi connectivity index (χ1v) is 7.24. The number of hydrogen-bond donors (Lipinski definition) is 2. The van der Waals surface area contributed by atoms with Crippen LogP contribution in [0.5, 0.6) is 5.75 Å². The molecule has 122 valence electrons. The van der Waals surface area contributed by atoms with Crippen LogP contribution in [-0.4, -0.2) is 25.6 Å². The highest BCUT2D eigenvalue weighted by atomic mass is 16.5. The highest BCUT2D eigenvalue weighted by molar-refractivity contribution is 5.94. The molecule has 2 N–H and O–H groups in total. The van der Waals surface area contributed by atoms with Gasteiger partial charge in [0.25, 0.3) is 5.91 Å². The zero-order valence-corrected chi connectivity index (χ0v) is 13.0. The average Bonchev–Trinajstić information content (AvgIpc) is 2.52. The van der Waals surface area contributed by atoms with E-state index in [0.717, 1.165) is 23.8 Å². The number of aryl methyl sites for hydroxylation is 1. The van der Waals surface area contributed by atoms with Crippen molar-refractivity contribution in [3.63, 3.8) is 0 Å². The van der Waals surface area contributed by atoms with Crippen molar-refractivity contribution in [2.75, 3.05) is 13.7 Å². The number of imide groups is 1. The smallest absolute Gasteiger partial charge is 0.336 e. The summed E-state index contributed by atoms with van der Waals surface area (Å²) >= 11 is 0. The Balaban J connectivity index is 2.15. The van der Waals surface area contributed by atoms with Crippen LogP contribution in [0.1, 0.15) is 18.9 Å². The van der Waals surface area contributed by atoms with Crippen LogP contribution in [0.2, 0.25) is 0 Å². The lowest BCUT2D eigenvalue weighted by molar-refractivity contribution is -0.122. The normalized spacial score (nSPS) is 10.3. The molecule has 3 amide bonds. The molecule has 23 heavy (non-hydrogen) atoms. The summed E-state index contributed by atoms with van der Waals surface area (Å²) in [6, 6.07) is 5.92. The van der Waals surface area contributed by atoms with Gasteiger partial charge in [-0.15, -0.1) is 0 Å². The van der Waals surface area contributed by atoms with Crippen LogP contribution in [0.3, 0.4) is 0 Å². The van der Waals surface area contributed by atoms with E-state index in [1.54, 1.807) is 18.2 Å². The SMILES string of the molecule is CCCc1cc(=O)oc2cc(OCC(=O)NC(=O)NC)ccc12. The highest BCUT2D eigenvalue weighted by Crippen LogP contribution is 2.23. The van der Waals surface area contributed by atoms with Gasteiger partial charge >= 0.3 is 11.7 Å². The molecular formula is C16H18N2O5. The number of carbonyl (C=O) groups excluding carboxylic acids is 2. The molecule has 0 aliphatic carbocycles. The fourth-order valence-corrected chi connectivity index (χ4v) is 2.15. The second-order valence-electron chi connectivity index (χ2n) is 4.91. The van der Waals surface area contributed by atoms with Gasteiger partial charge in [0.05, 0.1) is 0 Å². The highest BCUT2D eigenvalue weighted by Gasteiger charge is 2.09. The molecule has 0 unspecified atom stereocenters. The second-order valence-corrected chi connectivity index (χ2v) is 4.91. The third kappa shape index (κ3) is 4.32. The van der Waals surface area contributed by atoms with Gasteiger partial charge in [0.2, 0.25) is 0 Å². The summed E-state index contributed by atoms with van der Waals surface area (Å²) in [7, 11) is 1.41. The summed E-state index contributed by atoms with van der Waals surface area (Å²) in [6.07, 6.45) is 1.69. The Morgan fingerprint density at radius 3 is 2.74 bits per heavy atom. The minimum atomic E-state index is -0.604. The minimum Gasteiger partial charge on any atom is -0.484 e. The molecule has 7 heteroatoms. The van der Waals surface area contributed by atoms with Gasteiger partial charge in [-0.1, -0.05) is 13.3 Å². The molecule has 1 heterocycles. The third-order valence-electron chi connectivity index (χ3n) is 3.17. The Morgan fingerprint density at radius 1 is 1.26 bits per heavy atom. The average molecular weight is 318 g/mol. The molecule has 0 spiro atoms. The lowest BCUT2D eigenvalue weighted by Crippen LogP contribution is -2.39. The van der Waals surface area contributed by atoms with E-state index in [9.17, 15) is 14.4 Å². The quantitative estimate of drug-likeness (QED) is 0.816. The first-order chi connectivity index (χ1) is 11.0. The number of benzene rings is 1. The summed E-state index contributed by atoms with van der Waals surface area (Å²) in [6.45, 7) is 1.71. The van der Waals surface area contributed by atoms with Crippen molar-refractivity contribution in [2.24, 2.45) is 0 Å². The van der Waals surface area contributed by atoms with E-state index in [1.807, 2.05) is 6.92 Å². The summed E-state index contributed by atoms with van der Waals surface area (Å²) in [4.78, 5) is 34.1. The lowest BCUT2D eigenvalue weighted by atomic mass is 10.1. The van der Waals surface area contributed by atoms with Gasteiger partial charge in [-0.2, -0.15) is 0 Å². The van der Waals surface area contributed by atoms with Crippen molar-refractivity contribution in [1.29, 1.82) is 0 Å². The number of hydrogen-bond acceptors (Lipinski definition) is 5. The largest absolute Gasteiger partial charge is 0.484 e. The molecule has 0 saturated heterocycles. The van der Waals surface area contributed by atoms with E-state index in [0.29, 0.717) is 11.3 Å². The summed E-state index contributed by atoms with van der Waals surface area (Å²) in [5.74, 6) is -0.202. The number of fused-ring (bicyclic) bond motifs is 1. The van der Waals surface area contributed by atoms with Gasteiger partial charge < -0.3 is 14.5 Å². The van der Waals surface area contributed by atoms with Crippen molar-refractivity contribution in [2.45, 2.75) is 19.8 Å². The maximum absolute atomic E-state index is 11.6. The molecule has 2 aromatic rings. The number of ether oxygens (including phenoxy) is 1. The van der Waals surface area contributed by atoms with Gasteiger partial charge in [-0.25, -0.2) is 9.59 Å². The van der Waals surface area contributed by atoms with Crippen LogP contribution in [0.4, 0.5) is 4.79 Å². The maximum atomic E-state index is 11.6. The standard InChI is InChI=1S/C16H18N2O5/c1-3-4-10-7-15(20)23-13-8-11(5-6-12(10)13)22-9-14(19)18-16(21)17-2/h5-8H,3-4,9H2,1-2H3,(H2,17,18,19,21). The summed E-state index contributed by atoms with van der Waals surface area (Å²) in [5, 5.41) is 5.19. The van der Waals surface area contributed by atoms with E-state index < -0.39 is 17.6 Å². The van der Waals surface area contributed by atoms with Crippen molar-refractivity contribution in [3.8, 4) is 5.75 Å². The predicted molar refractivity (Wildman–Crippen MR) is 84.6 cm³/mol. The van der Waals surface area contributed by atoms with Crippen molar-refractivity contribution in [1.82, 2.24) is 10.6 Å². The van der Waals surface area contributed by atoms with Crippen LogP contribution >= 0.6 is 0 Å². The number of nitrogens with one attached hydrogen (secondary N) is 2. The zero-order chi connectivity index (χ0) is 16.8. The fraction of sp³-hybridized carbons (Fsp3) is 0.312. The first-order valence-electron chi connectivity index (χ1n) is 7.24. The Hall–Kier alpha value is -2.83. The number of rotatable bonds is 5. The molecule has 7 nitrogen and oxygen atoms in total. The summed E-state index contributed by atoms with van der Waals surface area (Å²) < 4.78 is 10.5. The monoisotopic (exact) mass is 318 g/mol. The molecule has 0 aliphatic heterocycles. The van der Waals surface area contributed by atoms with Gasteiger partial charge in [0.15, 0.2) is 6.61 Å². The van der Waals surface area contributed by atoms with Gasteiger partial charge in [-0.05, 0) is 24.1 Å². The fourth-order valence-electron chi connectivity index (χ4n) is 2.15. The Kier molecular flexibility index (Phi) is 5.35. The van der Waals surface area contributed by atoms with Crippen molar-refractivity contribution in [3.05, 3.63) is 40.2 Å². The van der Waals surface area contributed by atoms with Crippen LogP contribution in [0.25, 0.3) is 11.0 Å². The minimum absolute atomic E-state index is 0.322. The molecule has 1 aromatic carbocycles. The molecule has 0 aliphatic rings. The van der Waals surface area contributed by atoms with Gasteiger partial charge in [0, 0.05) is 24.6 Å². The topological polar surface area (TPSA) is 97.6 Å². The predicted octanol–water partition coefficient (Wildman–Crippen LogP) is 1.58. The molecule has 2 rings (SSSR count). The van der Waals surface area contributed by atoms with E-state index >= 15 is 0 Å². The summed E-state index contributed by atoms with van der Waals surface area (Å²) in [5.41, 5.74) is 0.906. The Morgan fingerprint density at radius 2 is 2.04 bits per heavy atom. The molecule has 0 atom stereocenters. The second kappa shape index (κ2) is 7.44. The Labute approximate surface area is 132 Å². The number of carbonyl (C=O) groups is 2. The van der Waals surface area contributed by atoms with E-state index in [1.165, 1.54) is 13.1 Å². The van der Waals surface area contributed by atoms with Gasteiger partial charge in [-0.3, -0.25) is 10.1 Å². The molecule has 0 bridgehead atoms. The molecular weight excluding hydrogens is 300 g/mol. The third-order valence-corrected chi connectivity index (χ3v) is 3.17. The van der Waals surface area contributed by atoms with Crippen LogP contribution in [0.15, 0.2) is 33.5 Å². The van der Waals surface area contributed by atoms with Crippen LogP contribution in [-0.2, 0) is 11.2 Å². The first kappa shape index (κ1) is 16.5. The number of amides is 3. The van der Waals surface area contributed by atoms with Crippen molar-refractivity contribution >= 4 is 22.9 Å². The molecule has 0 saturated carbocycles. The molecule has 0 fully saturated rings. The molecule has 1 aromatic heterocycles. The van der Waals surface area contributed by atoms with Crippen molar-refractivity contribution < 1.29 is 18.7 Å². The van der Waals surface area contributed by atoms with Crippen LogP contribution in [0, 0.1) is 0 Å².